The molecule has 0 bridgehead atoms. The summed E-state index contributed by atoms with van der Waals surface area (Å²) in [6, 6.07) is 15.9. The van der Waals surface area contributed by atoms with Crippen LogP contribution in [0.25, 0.3) is 0 Å². The number of rotatable bonds is 6. The molecule has 6 heteroatoms. The molecule has 0 aromatic heterocycles. The van der Waals surface area contributed by atoms with Crippen LogP contribution in [0.2, 0.25) is 0 Å². The Labute approximate surface area is 184 Å². The van der Waals surface area contributed by atoms with Crippen LogP contribution in [-0.2, 0) is 20.4 Å². The Morgan fingerprint density at radius 3 is 1.29 bits per heavy atom. The molecule has 2 amide bonds. The SMILES string of the molecule is CC(C)(C)c1ccc(/C=N/NC(=O)CC(=O)N/N=C/c2ccc(C(C)(C)C)cc2)cc1. The second-order valence-electron chi connectivity index (χ2n) is 9.51. The monoisotopic (exact) mass is 420 g/mol. The minimum atomic E-state index is -0.509. The van der Waals surface area contributed by atoms with Crippen molar-refractivity contribution in [2.45, 2.75) is 58.8 Å². The number of hydrogen-bond donors (Lipinski definition) is 2. The van der Waals surface area contributed by atoms with E-state index < -0.39 is 11.8 Å². The zero-order chi connectivity index (χ0) is 23.1. The van der Waals surface area contributed by atoms with Crippen molar-refractivity contribution >= 4 is 24.2 Å². The average Bonchev–Trinajstić information content (AvgIpc) is 2.67. The van der Waals surface area contributed by atoms with E-state index in [1.807, 2.05) is 48.5 Å². The average molecular weight is 421 g/mol. The summed E-state index contributed by atoms with van der Waals surface area (Å²) in [4.78, 5) is 23.7. The van der Waals surface area contributed by atoms with Gasteiger partial charge in [0.15, 0.2) is 0 Å². The molecule has 2 aromatic rings. The number of carbonyl (C=O) groups excluding carboxylic acids is 2. The van der Waals surface area contributed by atoms with Gasteiger partial charge in [0.2, 0.25) is 11.8 Å². The third kappa shape index (κ3) is 8.16. The lowest BCUT2D eigenvalue weighted by Crippen LogP contribution is -2.27. The van der Waals surface area contributed by atoms with Gasteiger partial charge in [-0.15, -0.1) is 0 Å². The Kier molecular flexibility index (Phi) is 7.86. The second kappa shape index (κ2) is 10.2. The quantitative estimate of drug-likeness (QED) is 0.416. The van der Waals surface area contributed by atoms with E-state index in [1.165, 1.54) is 11.1 Å². The Bertz CT molecular complexity index is 866. The first-order valence-corrected chi connectivity index (χ1v) is 10.3. The van der Waals surface area contributed by atoms with Gasteiger partial charge in [-0.05, 0) is 33.1 Å². The summed E-state index contributed by atoms with van der Waals surface area (Å²) in [5, 5.41) is 7.80. The summed E-state index contributed by atoms with van der Waals surface area (Å²) in [6.45, 7) is 12.9. The maximum absolute atomic E-state index is 11.9. The zero-order valence-corrected chi connectivity index (χ0v) is 19.2. The molecule has 0 aliphatic heterocycles. The van der Waals surface area contributed by atoms with Gasteiger partial charge < -0.3 is 0 Å². The van der Waals surface area contributed by atoms with Crippen LogP contribution in [0.5, 0.6) is 0 Å². The third-order valence-corrected chi connectivity index (χ3v) is 4.68. The van der Waals surface area contributed by atoms with Crippen LogP contribution in [0, 0.1) is 0 Å². The fourth-order valence-electron chi connectivity index (χ4n) is 2.72. The molecule has 0 aliphatic rings. The lowest BCUT2D eigenvalue weighted by molar-refractivity contribution is -0.129. The first kappa shape index (κ1) is 24.0. The van der Waals surface area contributed by atoms with Gasteiger partial charge >= 0.3 is 0 Å². The van der Waals surface area contributed by atoms with Gasteiger partial charge in [-0.2, -0.15) is 10.2 Å². The number of hydrogen-bond acceptors (Lipinski definition) is 4. The highest BCUT2D eigenvalue weighted by Gasteiger charge is 2.13. The van der Waals surface area contributed by atoms with Crippen molar-refractivity contribution in [2.75, 3.05) is 0 Å². The third-order valence-electron chi connectivity index (χ3n) is 4.68. The summed E-state index contributed by atoms with van der Waals surface area (Å²) in [5.74, 6) is -1.02. The predicted octanol–water partition coefficient (Wildman–Crippen LogP) is 4.27. The first-order valence-electron chi connectivity index (χ1n) is 10.3. The van der Waals surface area contributed by atoms with E-state index in [4.69, 9.17) is 0 Å². The van der Waals surface area contributed by atoms with E-state index in [2.05, 4.69) is 62.6 Å². The molecule has 0 spiro atoms. The molecule has 0 atom stereocenters. The second-order valence-corrected chi connectivity index (χ2v) is 9.51. The highest BCUT2D eigenvalue weighted by atomic mass is 16.2. The van der Waals surface area contributed by atoms with Crippen molar-refractivity contribution < 1.29 is 9.59 Å². The Morgan fingerprint density at radius 1 is 0.677 bits per heavy atom. The lowest BCUT2D eigenvalue weighted by Gasteiger charge is -2.18. The van der Waals surface area contributed by atoms with Crippen LogP contribution >= 0.6 is 0 Å². The molecule has 164 valence electrons. The highest BCUT2D eigenvalue weighted by Crippen LogP contribution is 2.22. The van der Waals surface area contributed by atoms with Crippen molar-refractivity contribution in [2.24, 2.45) is 10.2 Å². The molecule has 2 aromatic carbocycles. The van der Waals surface area contributed by atoms with Gasteiger partial charge in [-0.25, -0.2) is 10.9 Å². The predicted molar refractivity (Wildman–Crippen MR) is 126 cm³/mol. The van der Waals surface area contributed by atoms with Crippen molar-refractivity contribution in [3.05, 3.63) is 70.8 Å². The normalized spacial score (nSPS) is 12.3. The maximum Gasteiger partial charge on any atom is 0.249 e. The van der Waals surface area contributed by atoms with Gasteiger partial charge in [0, 0.05) is 0 Å². The molecule has 0 saturated carbocycles. The van der Waals surface area contributed by atoms with E-state index in [0.29, 0.717) is 0 Å². The number of nitrogens with zero attached hydrogens (tertiary/aromatic N) is 2. The molecule has 0 fully saturated rings. The zero-order valence-electron chi connectivity index (χ0n) is 19.2. The number of carbonyl (C=O) groups is 2. The number of hydrazone groups is 2. The molecule has 2 rings (SSSR count). The molecule has 2 N–H and O–H groups in total. The van der Waals surface area contributed by atoms with Gasteiger partial charge in [-0.1, -0.05) is 90.1 Å². The van der Waals surface area contributed by atoms with Crippen molar-refractivity contribution in [3.8, 4) is 0 Å². The van der Waals surface area contributed by atoms with E-state index in [0.717, 1.165) is 11.1 Å². The van der Waals surface area contributed by atoms with E-state index in [1.54, 1.807) is 12.4 Å². The Hall–Kier alpha value is -3.28. The minimum absolute atomic E-state index is 0.0790. The molecule has 0 saturated heterocycles. The van der Waals surface area contributed by atoms with Crippen LogP contribution in [0.3, 0.4) is 0 Å². The number of nitrogens with one attached hydrogen (secondary N) is 2. The minimum Gasteiger partial charge on any atom is -0.273 e. The van der Waals surface area contributed by atoms with E-state index >= 15 is 0 Å². The van der Waals surface area contributed by atoms with Crippen LogP contribution in [0.1, 0.15) is 70.2 Å². The van der Waals surface area contributed by atoms with Crippen molar-refractivity contribution in [1.82, 2.24) is 10.9 Å². The van der Waals surface area contributed by atoms with E-state index in [-0.39, 0.29) is 17.3 Å². The van der Waals surface area contributed by atoms with Gasteiger partial charge in [-0.3, -0.25) is 9.59 Å². The van der Waals surface area contributed by atoms with Crippen LogP contribution < -0.4 is 10.9 Å². The van der Waals surface area contributed by atoms with Crippen molar-refractivity contribution in [3.63, 3.8) is 0 Å². The fraction of sp³-hybridized carbons (Fsp3) is 0.360. The topological polar surface area (TPSA) is 82.9 Å². The molecule has 0 unspecified atom stereocenters. The smallest absolute Gasteiger partial charge is 0.249 e. The molecule has 31 heavy (non-hydrogen) atoms. The Morgan fingerprint density at radius 2 is 1.00 bits per heavy atom. The fourth-order valence-corrected chi connectivity index (χ4v) is 2.72. The summed E-state index contributed by atoms with van der Waals surface area (Å²) < 4.78 is 0. The van der Waals surface area contributed by atoms with Gasteiger partial charge in [0.1, 0.15) is 6.42 Å². The van der Waals surface area contributed by atoms with Crippen molar-refractivity contribution in [1.29, 1.82) is 0 Å². The number of amides is 2. The van der Waals surface area contributed by atoms with E-state index in [9.17, 15) is 9.59 Å². The summed E-state index contributed by atoms with van der Waals surface area (Å²) in [6.07, 6.45) is 2.73. The molecule has 6 nitrogen and oxygen atoms in total. The molecular weight excluding hydrogens is 388 g/mol. The van der Waals surface area contributed by atoms with Gasteiger partial charge in [0.25, 0.3) is 0 Å². The van der Waals surface area contributed by atoms with Gasteiger partial charge in [0.05, 0.1) is 12.4 Å². The molecular formula is C25H32N4O2. The van der Waals surface area contributed by atoms with Crippen LogP contribution in [-0.4, -0.2) is 24.2 Å². The first-order chi connectivity index (χ1) is 14.4. The van der Waals surface area contributed by atoms with Crippen LogP contribution in [0.4, 0.5) is 0 Å². The molecule has 0 heterocycles. The molecule has 0 aliphatic carbocycles. The summed E-state index contributed by atoms with van der Waals surface area (Å²) >= 11 is 0. The Balaban J connectivity index is 1.77. The summed E-state index contributed by atoms with van der Waals surface area (Å²) in [5.41, 5.74) is 9.02. The lowest BCUT2D eigenvalue weighted by atomic mass is 9.87. The number of benzene rings is 2. The standard InChI is InChI=1S/C25H32N4O2/c1-24(2,3)20-11-7-18(8-12-20)16-26-28-22(30)15-23(31)29-27-17-19-9-13-21(14-10-19)25(4,5)6/h7-14,16-17H,15H2,1-6H3,(H,28,30)(H,29,31)/b26-16+,27-17+. The summed E-state index contributed by atoms with van der Waals surface area (Å²) in [7, 11) is 0. The molecule has 0 radical (unpaired) electrons. The largest absolute Gasteiger partial charge is 0.273 e. The highest BCUT2D eigenvalue weighted by molar-refractivity contribution is 5.97. The maximum atomic E-state index is 11.9. The van der Waals surface area contributed by atoms with Crippen LogP contribution in [0.15, 0.2) is 58.7 Å².